The van der Waals surface area contributed by atoms with Gasteiger partial charge in [0.1, 0.15) is 6.10 Å². The molecule has 0 aliphatic heterocycles. The molecule has 17 heavy (non-hydrogen) atoms. The summed E-state index contributed by atoms with van der Waals surface area (Å²) in [6.07, 6.45) is 7.16. The smallest absolute Gasteiger partial charge is 0.213 e. The Balaban J connectivity index is 1.98. The van der Waals surface area contributed by atoms with E-state index in [0.29, 0.717) is 12.0 Å². The van der Waals surface area contributed by atoms with Gasteiger partial charge in [-0.1, -0.05) is 19.4 Å². The van der Waals surface area contributed by atoms with Crippen LogP contribution in [-0.2, 0) is 0 Å². The molecule has 0 aromatic carbocycles. The molecule has 1 heterocycles. The fourth-order valence-electron chi connectivity index (χ4n) is 2.34. The van der Waals surface area contributed by atoms with Crippen LogP contribution < -0.4 is 10.5 Å². The van der Waals surface area contributed by atoms with Gasteiger partial charge >= 0.3 is 0 Å². The van der Waals surface area contributed by atoms with E-state index in [1.807, 2.05) is 25.3 Å². The van der Waals surface area contributed by atoms with E-state index < -0.39 is 0 Å². The number of nitrogens with zero attached hydrogens (tertiary/aromatic N) is 1. The first-order valence-corrected chi connectivity index (χ1v) is 6.55. The van der Waals surface area contributed by atoms with Crippen LogP contribution in [0.1, 0.15) is 51.1 Å². The molecule has 0 radical (unpaired) electrons. The van der Waals surface area contributed by atoms with E-state index in [2.05, 4.69) is 11.9 Å². The Kier molecular flexibility index (Phi) is 4.00. The number of pyridine rings is 1. The van der Waals surface area contributed by atoms with Crippen molar-refractivity contribution in [1.82, 2.24) is 4.98 Å². The quantitative estimate of drug-likeness (QED) is 0.874. The SMILES string of the molecule is CC1CCCCC1Oc1ccc([C@H](C)N)cn1. The maximum Gasteiger partial charge on any atom is 0.213 e. The molecule has 2 N–H and O–H groups in total. The minimum Gasteiger partial charge on any atom is -0.474 e. The van der Waals surface area contributed by atoms with Gasteiger partial charge in [0.15, 0.2) is 0 Å². The first-order valence-electron chi connectivity index (χ1n) is 6.55. The van der Waals surface area contributed by atoms with Gasteiger partial charge in [0.05, 0.1) is 0 Å². The maximum absolute atomic E-state index is 5.95. The van der Waals surface area contributed by atoms with Gasteiger partial charge in [0.2, 0.25) is 5.88 Å². The molecule has 1 fully saturated rings. The van der Waals surface area contributed by atoms with Gasteiger partial charge in [0, 0.05) is 18.3 Å². The summed E-state index contributed by atoms with van der Waals surface area (Å²) < 4.78 is 5.95. The zero-order chi connectivity index (χ0) is 12.3. The van der Waals surface area contributed by atoms with Crippen molar-refractivity contribution >= 4 is 0 Å². The maximum atomic E-state index is 5.95. The first kappa shape index (κ1) is 12.4. The lowest BCUT2D eigenvalue weighted by molar-refractivity contribution is 0.0975. The van der Waals surface area contributed by atoms with Gasteiger partial charge in [-0.25, -0.2) is 4.98 Å². The third-order valence-electron chi connectivity index (χ3n) is 3.59. The van der Waals surface area contributed by atoms with E-state index in [0.717, 1.165) is 17.9 Å². The molecule has 3 nitrogen and oxygen atoms in total. The van der Waals surface area contributed by atoms with Crippen LogP contribution in [0.15, 0.2) is 18.3 Å². The third-order valence-corrected chi connectivity index (χ3v) is 3.59. The largest absolute Gasteiger partial charge is 0.474 e. The van der Waals surface area contributed by atoms with E-state index >= 15 is 0 Å². The number of nitrogens with two attached hydrogens (primary N) is 1. The molecule has 3 heteroatoms. The Labute approximate surface area is 103 Å². The molecular weight excluding hydrogens is 212 g/mol. The van der Waals surface area contributed by atoms with E-state index in [9.17, 15) is 0 Å². The number of aromatic nitrogens is 1. The molecule has 0 bridgehead atoms. The summed E-state index contributed by atoms with van der Waals surface area (Å²) in [6.45, 7) is 4.22. The van der Waals surface area contributed by atoms with Crippen LogP contribution in [-0.4, -0.2) is 11.1 Å². The van der Waals surface area contributed by atoms with Crippen LogP contribution in [0, 0.1) is 5.92 Å². The normalized spacial score (nSPS) is 26.5. The van der Waals surface area contributed by atoms with E-state index in [4.69, 9.17) is 10.5 Å². The second-order valence-corrected chi connectivity index (χ2v) is 5.14. The molecular formula is C14H22N2O. The topological polar surface area (TPSA) is 48.1 Å². The molecule has 2 unspecified atom stereocenters. The lowest BCUT2D eigenvalue weighted by Gasteiger charge is -2.28. The van der Waals surface area contributed by atoms with Crippen molar-refractivity contribution in [2.75, 3.05) is 0 Å². The molecule has 1 aliphatic carbocycles. The molecule has 0 spiro atoms. The van der Waals surface area contributed by atoms with Crippen LogP contribution in [0.2, 0.25) is 0 Å². The Morgan fingerprint density at radius 2 is 2.12 bits per heavy atom. The number of ether oxygens (including phenoxy) is 1. The summed E-state index contributed by atoms with van der Waals surface area (Å²) in [6, 6.07) is 3.96. The third kappa shape index (κ3) is 3.19. The zero-order valence-electron chi connectivity index (χ0n) is 10.7. The Hall–Kier alpha value is -1.09. The Morgan fingerprint density at radius 3 is 2.71 bits per heavy atom. The van der Waals surface area contributed by atoms with E-state index in [1.54, 1.807) is 0 Å². The highest BCUT2D eigenvalue weighted by Gasteiger charge is 2.23. The molecule has 94 valence electrons. The number of rotatable bonds is 3. The van der Waals surface area contributed by atoms with Crippen molar-refractivity contribution in [2.45, 2.75) is 51.7 Å². The van der Waals surface area contributed by atoms with Gasteiger partial charge in [-0.05, 0) is 37.7 Å². The first-order chi connectivity index (χ1) is 8.16. The van der Waals surface area contributed by atoms with Gasteiger partial charge in [-0.3, -0.25) is 0 Å². The molecule has 1 saturated carbocycles. The number of hydrogen-bond donors (Lipinski definition) is 1. The van der Waals surface area contributed by atoms with Crippen LogP contribution in [0.5, 0.6) is 5.88 Å². The lowest BCUT2D eigenvalue weighted by atomic mass is 9.88. The standard InChI is InChI=1S/C14H22N2O/c1-10-5-3-4-6-13(10)17-14-8-7-12(9-16-14)11(2)15/h7-11,13H,3-6,15H2,1-2H3/t10?,11-,13?/m0/s1. The van der Waals surface area contributed by atoms with Crippen molar-refractivity contribution < 1.29 is 4.74 Å². The fourth-order valence-corrected chi connectivity index (χ4v) is 2.34. The van der Waals surface area contributed by atoms with Crippen molar-refractivity contribution in [3.63, 3.8) is 0 Å². The van der Waals surface area contributed by atoms with Crippen molar-refractivity contribution in [3.05, 3.63) is 23.9 Å². The molecule has 0 saturated heterocycles. The monoisotopic (exact) mass is 234 g/mol. The van der Waals surface area contributed by atoms with Crippen LogP contribution >= 0.6 is 0 Å². The van der Waals surface area contributed by atoms with Crippen LogP contribution in [0.4, 0.5) is 0 Å². The predicted octanol–water partition coefficient (Wildman–Crippen LogP) is 3.06. The van der Waals surface area contributed by atoms with Gasteiger partial charge in [0.25, 0.3) is 0 Å². The van der Waals surface area contributed by atoms with Gasteiger partial charge in [-0.2, -0.15) is 0 Å². The zero-order valence-corrected chi connectivity index (χ0v) is 10.7. The lowest BCUT2D eigenvalue weighted by Crippen LogP contribution is -2.28. The highest BCUT2D eigenvalue weighted by atomic mass is 16.5. The molecule has 0 amide bonds. The summed E-state index contributed by atoms with van der Waals surface area (Å²) in [7, 11) is 0. The van der Waals surface area contributed by atoms with Gasteiger partial charge < -0.3 is 10.5 Å². The van der Waals surface area contributed by atoms with Gasteiger partial charge in [-0.15, -0.1) is 0 Å². The Bertz CT molecular complexity index is 348. The summed E-state index contributed by atoms with van der Waals surface area (Å²) in [5, 5.41) is 0. The van der Waals surface area contributed by atoms with E-state index in [1.165, 1.54) is 19.3 Å². The van der Waals surface area contributed by atoms with Crippen LogP contribution in [0.25, 0.3) is 0 Å². The van der Waals surface area contributed by atoms with Crippen LogP contribution in [0.3, 0.4) is 0 Å². The molecule has 1 aliphatic rings. The number of hydrogen-bond acceptors (Lipinski definition) is 3. The summed E-state index contributed by atoms with van der Waals surface area (Å²) in [4.78, 5) is 4.33. The Morgan fingerprint density at radius 1 is 1.35 bits per heavy atom. The molecule has 3 atom stereocenters. The highest BCUT2D eigenvalue weighted by molar-refractivity contribution is 5.20. The van der Waals surface area contributed by atoms with Crippen molar-refractivity contribution in [3.8, 4) is 5.88 Å². The molecule has 1 aromatic rings. The average Bonchev–Trinajstić information content (AvgIpc) is 2.33. The summed E-state index contributed by atoms with van der Waals surface area (Å²) in [5.74, 6) is 1.37. The summed E-state index contributed by atoms with van der Waals surface area (Å²) >= 11 is 0. The predicted molar refractivity (Wildman–Crippen MR) is 68.9 cm³/mol. The molecule has 1 aromatic heterocycles. The summed E-state index contributed by atoms with van der Waals surface area (Å²) in [5.41, 5.74) is 6.84. The second kappa shape index (κ2) is 5.50. The minimum absolute atomic E-state index is 0.0326. The fraction of sp³-hybridized carbons (Fsp3) is 0.643. The highest BCUT2D eigenvalue weighted by Crippen LogP contribution is 2.27. The van der Waals surface area contributed by atoms with E-state index in [-0.39, 0.29) is 6.04 Å². The molecule has 2 rings (SSSR count). The second-order valence-electron chi connectivity index (χ2n) is 5.14. The van der Waals surface area contributed by atoms with Crippen molar-refractivity contribution in [1.29, 1.82) is 0 Å². The van der Waals surface area contributed by atoms with Crippen molar-refractivity contribution in [2.24, 2.45) is 11.7 Å². The average molecular weight is 234 g/mol. The minimum atomic E-state index is 0.0326.